The van der Waals surface area contributed by atoms with Crippen molar-refractivity contribution in [3.8, 4) is 0 Å². The summed E-state index contributed by atoms with van der Waals surface area (Å²) in [5.74, 6) is -0.769. The van der Waals surface area contributed by atoms with Crippen molar-refractivity contribution in [2.24, 2.45) is 0 Å². The summed E-state index contributed by atoms with van der Waals surface area (Å²) in [5.41, 5.74) is 3.97. The molecule has 39 heavy (non-hydrogen) atoms. The Hall–Kier alpha value is -3.53. The number of rotatable bonds is 14. The van der Waals surface area contributed by atoms with Crippen LogP contribution < -0.4 is 15.5 Å². The van der Waals surface area contributed by atoms with Crippen molar-refractivity contribution in [3.63, 3.8) is 0 Å². The number of esters is 2. The minimum atomic E-state index is -0.596. The molecule has 2 aromatic rings. The number of benzene rings is 2. The number of nitrogens with one attached hydrogen (secondary N) is 2. The van der Waals surface area contributed by atoms with Crippen molar-refractivity contribution < 1.29 is 23.9 Å². The number of para-hydroxylation sites is 1. The maximum Gasteiger partial charge on any atom is 0.324 e. The third kappa shape index (κ3) is 9.02. The second-order valence-corrected chi connectivity index (χ2v) is 9.33. The second kappa shape index (κ2) is 15.8. The number of methoxy groups -OCH3 is 2. The molecular weight excluding hydrogens is 496 g/mol. The number of fused-ring (bicyclic) bond motifs is 2. The smallest absolute Gasteiger partial charge is 0.324 e. The molecule has 9 heteroatoms. The van der Waals surface area contributed by atoms with Crippen molar-refractivity contribution >= 4 is 35.7 Å². The first-order chi connectivity index (χ1) is 19.0. The van der Waals surface area contributed by atoms with Crippen molar-refractivity contribution in [2.45, 2.75) is 32.4 Å². The van der Waals surface area contributed by atoms with Crippen molar-refractivity contribution in [2.75, 3.05) is 58.4 Å². The lowest BCUT2D eigenvalue weighted by atomic mass is 10.0. The molecule has 0 saturated heterocycles. The standard InChI is InChI=1S/C30H40N4O5/c1-4-31-17-18-32-26(30(37)39-3)22-33(20-16-29(36)38-2)19-15-28(35)34-21-25-11-6-5-9-23(25)13-14-24-10-7-8-12-27(24)34/h5-14,26,31-32H,4,15-22H2,1-3H3/b14-13-. The SMILES string of the molecule is CCNCCNC(CN(CCC(=O)OC)CCC(=O)N1Cc2ccccc2/C=C\c2ccccc21)C(=O)OC. The van der Waals surface area contributed by atoms with Crippen LogP contribution in [0.25, 0.3) is 12.2 Å². The average Bonchev–Trinajstić information content (AvgIpc) is 2.96. The Balaban J connectivity index is 1.76. The van der Waals surface area contributed by atoms with Gasteiger partial charge < -0.3 is 29.9 Å². The Morgan fingerprint density at radius 2 is 1.62 bits per heavy atom. The van der Waals surface area contributed by atoms with Crippen LogP contribution in [0, 0.1) is 0 Å². The normalized spacial score (nSPS) is 14.0. The molecule has 1 aliphatic rings. The van der Waals surface area contributed by atoms with Crippen molar-refractivity contribution in [1.82, 2.24) is 15.5 Å². The molecule has 1 atom stereocenters. The molecule has 1 heterocycles. The van der Waals surface area contributed by atoms with Crippen molar-refractivity contribution in [3.05, 3.63) is 65.2 Å². The number of ether oxygens (including phenoxy) is 2. The summed E-state index contributed by atoms with van der Waals surface area (Å²) in [4.78, 5) is 41.9. The molecule has 1 unspecified atom stereocenters. The van der Waals surface area contributed by atoms with Gasteiger partial charge in [-0.1, -0.05) is 61.5 Å². The zero-order chi connectivity index (χ0) is 28.0. The van der Waals surface area contributed by atoms with Gasteiger partial charge in [0.05, 0.1) is 32.9 Å². The number of carbonyl (C=O) groups is 3. The number of hydrogen-bond donors (Lipinski definition) is 2. The first kappa shape index (κ1) is 30.0. The van der Waals surface area contributed by atoms with E-state index >= 15 is 0 Å². The highest BCUT2D eigenvalue weighted by molar-refractivity contribution is 5.97. The topological polar surface area (TPSA) is 100 Å². The van der Waals surface area contributed by atoms with Crippen molar-refractivity contribution in [1.29, 1.82) is 0 Å². The molecule has 0 spiro atoms. The summed E-state index contributed by atoms with van der Waals surface area (Å²) in [5, 5.41) is 6.45. The van der Waals surface area contributed by atoms with E-state index in [-0.39, 0.29) is 30.7 Å². The molecule has 1 aliphatic heterocycles. The highest BCUT2D eigenvalue weighted by Crippen LogP contribution is 2.29. The Bertz CT molecular complexity index is 1140. The van der Waals surface area contributed by atoms with Gasteiger partial charge in [-0.3, -0.25) is 14.4 Å². The molecule has 1 amide bonds. The number of nitrogens with zero attached hydrogens (tertiary/aromatic N) is 2. The lowest BCUT2D eigenvalue weighted by Gasteiger charge is -2.30. The maximum atomic E-state index is 13.7. The molecule has 3 rings (SSSR count). The lowest BCUT2D eigenvalue weighted by molar-refractivity contribution is -0.143. The maximum absolute atomic E-state index is 13.7. The van der Waals surface area contributed by atoms with E-state index in [9.17, 15) is 14.4 Å². The molecule has 2 aromatic carbocycles. The summed E-state index contributed by atoms with van der Waals surface area (Å²) < 4.78 is 9.84. The fourth-order valence-corrected chi connectivity index (χ4v) is 4.54. The third-order valence-electron chi connectivity index (χ3n) is 6.73. The zero-order valence-electron chi connectivity index (χ0n) is 23.2. The molecule has 0 aromatic heterocycles. The van der Waals surface area contributed by atoms with Gasteiger partial charge in [0.2, 0.25) is 5.91 Å². The first-order valence-electron chi connectivity index (χ1n) is 13.4. The van der Waals surface area contributed by atoms with Gasteiger partial charge in [-0.05, 0) is 29.3 Å². The van der Waals surface area contributed by atoms with Gasteiger partial charge >= 0.3 is 11.9 Å². The number of carbonyl (C=O) groups excluding carboxylic acids is 3. The van der Waals surface area contributed by atoms with Crippen LogP contribution in [0.15, 0.2) is 48.5 Å². The van der Waals surface area contributed by atoms with E-state index in [0.29, 0.717) is 39.3 Å². The molecular formula is C30H40N4O5. The fraction of sp³-hybridized carbons (Fsp3) is 0.433. The van der Waals surface area contributed by atoms with Crippen LogP contribution in [0.2, 0.25) is 0 Å². The molecule has 2 N–H and O–H groups in total. The Labute approximate surface area is 231 Å². The number of anilines is 1. The largest absolute Gasteiger partial charge is 0.469 e. The van der Waals surface area contributed by atoms with Crippen LogP contribution in [-0.4, -0.2) is 82.3 Å². The third-order valence-corrected chi connectivity index (χ3v) is 6.73. The lowest BCUT2D eigenvalue weighted by Crippen LogP contribution is -2.49. The van der Waals surface area contributed by atoms with E-state index in [4.69, 9.17) is 9.47 Å². The molecule has 9 nitrogen and oxygen atoms in total. The second-order valence-electron chi connectivity index (χ2n) is 9.33. The van der Waals surface area contributed by atoms with Gasteiger partial charge in [-0.2, -0.15) is 0 Å². The quantitative estimate of drug-likeness (QED) is 0.281. The molecule has 0 fully saturated rings. The Kier molecular flexibility index (Phi) is 12.1. The fourth-order valence-electron chi connectivity index (χ4n) is 4.54. The van der Waals surface area contributed by atoms with Crippen LogP contribution in [-0.2, 0) is 30.4 Å². The summed E-state index contributed by atoms with van der Waals surface area (Å²) in [6.45, 7) is 5.60. The predicted molar refractivity (Wildman–Crippen MR) is 153 cm³/mol. The van der Waals surface area contributed by atoms with E-state index in [1.54, 1.807) is 0 Å². The molecule has 0 radical (unpaired) electrons. The van der Waals surface area contributed by atoms with E-state index in [0.717, 1.165) is 28.9 Å². The van der Waals surface area contributed by atoms with Crippen LogP contribution in [0.4, 0.5) is 5.69 Å². The number of likely N-dealkylation sites (N-methyl/N-ethyl adjacent to an activating group) is 1. The summed E-state index contributed by atoms with van der Waals surface area (Å²) in [6.07, 6.45) is 4.49. The van der Waals surface area contributed by atoms with E-state index in [2.05, 4.69) is 16.7 Å². The van der Waals surface area contributed by atoms with Gasteiger partial charge in [-0.25, -0.2) is 0 Å². The first-order valence-corrected chi connectivity index (χ1v) is 13.4. The summed E-state index contributed by atoms with van der Waals surface area (Å²) >= 11 is 0. The highest BCUT2D eigenvalue weighted by atomic mass is 16.5. The highest BCUT2D eigenvalue weighted by Gasteiger charge is 2.25. The van der Waals surface area contributed by atoms with E-state index < -0.39 is 6.04 Å². The molecule has 0 bridgehead atoms. The summed E-state index contributed by atoms with van der Waals surface area (Å²) in [7, 11) is 2.70. The Morgan fingerprint density at radius 1 is 0.923 bits per heavy atom. The average molecular weight is 537 g/mol. The monoisotopic (exact) mass is 536 g/mol. The zero-order valence-corrected chi connectivity index (χ0v) is 23.2. The molecule has 0 aliphatic carbocycles. The minimum absolute atomic E-state index is 0.0367. The van der Waals surface area contributed by atoms with Crippen LogP contribution in [0.1, 0.15) is 36.5 Å². The van der Waals surface area contributed by atoms with E-state index in [1.165, 1.54) is 14.2 Å². The van der Waals surface area contributed by atoms with Crippen LogP contribution >= 0.6 is 0 Å². The van der Waals surface area contributed by atoms with Gasteiger partial charge in [0.25, 0.3) is 0 Å². The van der Waals surface area contributed by atoms with Crippen LogP contribution in [0.5, 0.6) is 0 Å². The number of hydrogen-bond acceptors (Lipinski definition) is 8. The van der Waals surface area contributed by atoms with Gasteiger partial charge in [0, 0.05) is 39.1 Å². The van der Waals surface area contributed by atoms with Crippen LogP contribution in [0.3, 0.4) is 0 Å². The molecule has 0 saturated carbocycles. The summed E-state index contributed by atoms with van der Waals surface area (Å²) in [6, 6.07) is 15.3. The number of amides is 1. The van der Waals surface area contributed by atoms with Gasteiger partial charge in [0.15, 0.2) is 0 Å². The van der Waals surface area contributed by atoms with E-state index in [1.807, 2.05) is 71.3 Å². The van der Waals surface area contributed by atoms with Gasteiger partial charge in [-0.15, -0.1) is 0 Å². The minimum Gasteiger partial charge on any atom is -0.469 e. The predicted octanol–water partition coefficient (Wildman–Crippen LogP) is 2.70. The Morgan fingerprint density at radius 3 is 2.36 bits per heavy atom. The van der Waals surface area contributed by atoms with Gasteiger partial charge in [0.1, 0.15) is 6.04 Å². The molecule has 210 valence electrons.